The molecule has 0 radical (unpaired) electrons. The van der Waals surface area contributed by atoms with Gasteiger partial charge >= 0.3 is 0 Å². The lowest BCUT2D eigenvalue weighted by atomic mass is 10.0. The van der Waals surface area contributed by atoms with Crippen molar-refractivity contribution in [1.29, 1.82) is 0 Å². The van der Waals surface area contributed by atoms with Crippen molar-refractivity contribution in [2.75, 3.05) is 59.2 Å². The van der Waals surface area contributed by atoms with Crippen LogP contribution in [-0.4, -0.2) is 85.0 Å². The van der Waals surface area contributed by atoms with Crippen molar-refractivity contribution in [1.82, 2.24) is 19.9 Å². The molecule has 3 aliphatic rings. The Morgan fingerprint density at radius 3 is 2.67 bits per heavy atom. The van der Waals surface area contributed by atoms with Crippen molar-refractivity contribution in [3.8, 4) is 0 Å². The van der Waals surface area contributed by atoms with Crippen LogP contribution >= 0.6 is 0 Å². The lowest BCUT2D eigenvalue weighted by molar-refractivity contribution is -0.131. The Balaban J connectivity index is 1.17. The summed E-state index contributed by atoms with van der Waals surface area (Å²) in [4.78, 5) is 21.6. The van der Waals surface area contributed by atoms with Gasteiger partial charge in [-0.05, 0) is 51.1 Å². The lowest BCUT2D eigenvalue weighted by Gasteiger charge is -2.23. The smallest absolute Gasteiger partial charge is 0.236 e. The van der Waals surface area contributed by atoms with Crippen molar-refractivity contribution in [3.63, 3.8) is 0 Å². The quantitative estimate of drug-likeness (QED) is 0.597. The summed E-state index contributed by atoms with van der Waals surface area (Å²) in [5.41, 5.74) is 0. The molecule has 0 aliphatic carbocycles. The number of hydrogen-bond acceptors (Lipinski definition) is 7. The SMILES string of the molecule is O=C(CN1CCCCCC1)N1CCC(c2nc(CCOCC3CCOCC3)no2)C1. The molecular weight excluding hydrogens is 384 g/mol. The Labute approximate surface area is 179 Å². The zero-order valence-electron chi connectivity index (χ0n) is 18.1. The van der Waals surface area contributed by atoms with E-state index in [9.17, 15) is 4.79 Å². The number of aromatic nitrogens is 2. The van der Waals surface area contributed by atoms with Crippen molar-refractivity contribution in [3.05, 3.63) is 11.7 Å². The van der Waals surface area contributed by atoms with Gasteiger partial charge < -0.3 is 18.9 Å². The highest BCUT2D eigenvalue weighted by atomic mass is 16.5. The van der Waals surface area contributed by atoms with Gasteiger partial charge in [-0.2, -0.15) is 4.98 Å². The fourth-order valence-electron chi connectivity index (χ4n) is 4.64. The van der Waals surface area contributed by atoms with E-state index in [-0.39, 0.29) is 11.8 Å². The summed E-state index contributed by atoms with van der Waals surface area (Å²) in [6.45, 7) is 7.21. The van der Waals surface area contributed by atoms with Gasteiger partial charge in [0.15, 0.2) is 5.82 Å². The second kappa shape index (κ2) is 11.2. The summed E-state index contributed by atoms with van der Waals surface area (Å²) in [5.74, 6) is 2.37. The minimum absolute atomic E-state index is 0.155. The fourth-order valence-corrected chi connectivity index (χ4v) is 4.64. The molecule has 168 valence electrons. The average Bonchev–Trinajstić information content (AvgIpc) is 3.37. The zero-order chi connectivity index (χ0) is 20.6. The lowest BCUT2D eigenvalue weighted by Crippen LogP contribution is -2.39. The maximum absolute atomic E-state index is 12.7. The number of hydrogen-bond donors (Lipinski definition) is 0. The van der Waals surface area contributed by atoms with E-state index in [4.69, 9.17) is 14.0 Å². The van der Waals surface area contributed by atoms with E-state index in [2.05, 4.69) is 15.0 Å². The molecule has 30 heavy (non-hydrogen) atoms. The third kappa shape index (κ3) is 6.25. The first kappa shape index (κ1) is 21.7. The van der Waals surface area contributed by atoms with Crippen molar-refractivity contribution in [2.45, 2.75) is 57.3 Å². The molecule has 1 atom stereocenters. The van der Waals surface area contributed by atoms with Gasteiger partial charge in [-0.15, -0.1) is 0 Å². The summed E-state index contributed by atoms with van der Waals surface area (Å²) < 4.78 is 16.7. The number of amides is 1. The number of carbonyl (C=O) groups excluding carboxylic acids is 1. The fraction of sp³-hybridized carbons (Fsp3) is 0.864. The van der Waals surface area contributed by atoms with E-state index in [1.54, 1.807) is 0 Å². The molecule has 3 fully saturated rings. The molecule has 4 heterocycles. The van der Waals surface area contributed by atoms with E-state index >= 15 is 0 Å². The van der Waals surface area contributed by atoms with Crippen LogP contribution in [0.25, 0.3) is 0 Å². The molecular formula is C22H36N4O4. The highest BCUT2D eigenvalue weighted by molar-refractivity contribution is 5.78. The van der Waals surface area contributed by atoms with Crippen molar-refractivity contribution >= 4 is 5.91 Å². The molecule has 3 aliphatic heterocycles. The van der Waals surface area contributed by atoms with Gasteiger partial charge in [0.2, 0.25) is 11.8 Å². The first-order chi connectivity index (χ1) is 14.8. The van der Waals surface area contributed by atoms with Crippen LogP contribution in [0.3, 0.4) is 0 Å². The van der Waals surface area contributed by atoms with E-state index < -0.39 is 0 Å². The van der Waals surface area contributed by atoms with E-state index in [0.717, 1.165) is 58.7 Å². The van der Waals surface area contributed by atoms with Crippen LogP contribution < -0.4 is 0 Å². The van der Waals surface area contributed by atoms with Gasteiger partial charge in [0.25, 0.3) is 0 Å². The Kier molecular flexibility index (Phi) is 8.11. The Morgan fingerprint density at radius 1 is 1.07 bits per heavy atom. The predicted octanol–water partition coefficient (Wildman–Crippen LogP) is 2.25. The molecule has 1 amide bonds. The highest BCUT2D eigenvalue weighted by Gasteiger charge is 2.31. The number of ether oxygens (including phenoxy) is 2. The van der Waals surface area contributed by atoms with Crippen LogP contribution in [-0.2, 0) is 20.7 Å². The minimum atomic E-state index is 0.155. The topological polar surface area (TPSA) is 80.9 Å². The molecule has 8 nitrogen and oxygen atoms in total. The first-order valence-electron chi connectivity index (χ1n) is 11.8. The van der Waals surface area contributed by atoms with Crippen LogP contribution in [0.15, 0.2) is 4.52 Å². The van der Waals surface area contributed by atoms with Gasteiger partial charge in [0.1, 0.15) is 0 Å². The van der Waals surface area contributed by atoms with E-state index in [1.807, 2.05) is 4.90 Å². The van der Waals surface area contributed by atoms with E-state index in [0.29, 0.717) is 43.8 Å². The largest absolute Gasteiger partial charge is 0.381 e. The number of nitrogens with zero attached hydrogens (tertiary/aromatic N) is 4. The summed E-state index contributed by atoms with van der Waals surface area (Å²) in [7, 11) is 0. The minimum Gasteiger partial charge on any atom is -0.381 e. The Bertz CT molecular complexity index is 653. The number of carbonyl (C=O) groups is 1. The summed E-state index contributed by atoms with van der Waals surface area (Å²) in [5, 5.41) is 4.12. The van der Waals surface area contributed by atoms with Crippen molar-refractivity contribution < 1.29 is 18.8 Å². The van der Waals surface area contributed by atoms with Crippen LogP contribution in [0.5, 0.6) is 0 Å². The van der Waals surface area contributed by atoms with Gasteiger partial charge in [-0.3, -0.25) is 9.69 Å². The molecule has 1 aromatic heterocycles. The second-order valence-corrected chi connectivity index (χ2v) is 8.95. The molecule has 4 rings (SSSR count). The standard InChI is InChI=1S/C22H36N4O4/c27-21(16-25-9-3-1-2-4-10-25)26-11-5-19(15-26)22-23-20(24-30-22)8-14-29-17-18-6-12-28-13-7-18/h18-19H,1-17H2. The Hall–Kier alpha value is -1.51. The maximum Gasteiger partial charge on any atom is 0.236 e. The molecule has 0 spiro atoms. The van der Waals surface area contributed by atoms with E-state index in [1.165, 1.54) is 25.7 Å². The zero-order valence-corrected chi connectivity index (χ0v) is 18.1. The molecule has 0 bridgehead atoms. The summed E-state index contributed by atoms with van der Waals surface area (Å²) >= 11 is 0. The van der Waals surface area contributed by atoms with Gasteiger partial charge in [-0.25, -0.2) is 0 Å². The predicted molar refractivity (Wildman–Crippen MR) is 111 cm³/mol. The normalized spacial score (nSPS) is 24.3. The van der Waals surface area contributed by atoms with Crippen molar-refractivity contribution in [2.24, 2.45) is 5.92 Å². The third-order valence-corrected chi connectivity index (χ3v) is 6.60. The average molecular weight is 421 g/mol. The maximum atomic E-state index is 12.7. The molecule has 3 saturated heterocycles. The van der Waals surface area contributed by atoms with Gasteiger partial charge in [0.05, 0.1) is 19.1 Å². The molecule has 1 aromatic rings. The summed E-state index contributed by atoms with van der Waals surface area (Å²) in [6, 6.07) is 0. The monoisotopic (exact) mass is 420 g/mol. The van der Waals surface area contributed by atoms with Gasteiger partial charge in [-0.1, -0.05) is 18.0 Å². The first-order valence-corrected chi connectivity index (χ1v) is 11.8. The van der Waals surface area contributed by atoms with Crippen LogP contribution in [0.1, 0.15) is 62.6 Å². The molecule has 1 unspecified atom stereocenters. The van der Waals surface area contributed by atoms with Crippen LogP contribution in [0, 0.1) is 5.92 Å². The molecule has 8 heteroatoms. The van der Waals surface area contributed by atoms with Crippen LogP contribution in [0.2, 0.25) is 0 Å². The van der Waals surface area contributed by atoms with Crippen LogP contribution in [0.4, 0.5) is 0 Å². The molecule has 0 saturated carbocycles. The van der Waals surface area contributed by atoms with Gasteiger partial charge in [0, 0.05) is 39.3 Å². The summed E-state index contributed by atoms with van der Waals surface area (Å²) in [6.07, 6.45) is 8.72. The molecule has 0 aromatic carbocycles. The number of likely N-dealkylation sites (tertiary alicyclic amines) is 2. The molecule has 0 N–H and O–H groups in total. The number of rotatable bonds is 8. The highest BCUT2D eigenvalue weighted by Crippen LogP contribution is 2.26. The second-order valence-electron chi connectivity index (χ2n) is 8.95. The Morgan fingerprint density at radius 2 is 1.87 bits per heavy atom. The third-order valence-electron chi connectivity index (χ3n) is 6.60.